The van der Waals surface area contributed by atoms with E-state index in [1.807, 2.05) is 41.3 Å². The predicted molar refractivity (Wildman–Crippen MR) is 142 cm³/mol. The Morgan fingerprint density at radius 3 is 2.45 bits per heavy atom. The lowest BCUT2D eigenvalue weighted by Gasteiger charge is -2.28. The minimum Gasteiger partial charge on any atom is -0.420 e. The average molecular weight is 549 g/mol. The van der Waals surface area contributed by atoms with E-state index in [2.05, 4.69) is 4.74 Å². The Morgan fingerprint density at radius 1 is 0.900 bits per heavy atom. The second kappa shape index (κ2) is 10.2. The van der Waals surface area contributed by atoms with Crippen LogP contribution in [0.15, 0.2) is 66.7 Å². The van der Waals surface area contributed by atoms with Crippen LogP contribution in [0.25, 0.3) is 22.0 Å². The molecule has 11 heteroatoms. The van der Waals surface area contributed by atoms with Gasteiger partial charge in [-0.25, -0.2) is 9.78 Å². The summed E-state index contributed by atoms with van der Waals surface area (Å²) in [7, 11) is 0. The molecule has 2 aliphatic heterocycles. The topological polar surface area (TPSA) is 84.9 Å². The van der Waals surface area contributed by atoms with Crippen LogP contribution < -0.4 is 14.5 Å². The molecule has 0 atom stereocenters. The molecule has 1 amide bonds. The van der Waals surface area contributed by atoms with Crippen molar-refractivity contribution in [2.75, 3.05) is 42.6 Å². The first-order valence-electron chi connectivity index (χ1n) is 12.7. The maximum atomic E-state index is 13.9. The van der Waals surface area contributed by atoms with E-state index in [4.69, 9.17) is 14.7 Å². The number of carbonyl (C=O) groups is 2. The first-order valence-corrected chi connectivity index (χ1v) is 12.7. The second-order valence-corrected chi connectivity index (χ2v) is 9.42. The minimum atomic E-state index is -5.13. The summed E-state index contributed by atoms with van der Waals surface area (Å²) < 4.78 is 48.4. The van der Waals surface area contributed by atoms with Crippen LogP contribution >= 0.6 is 0 Å². The molecular formula is C29H23F3N4O4. The largest absolute Gasteiger partial charge is 0.491 e. The number of morpholine rings is 1. The van der Waals surface area contributed by atoms with Crippen LogP contribution in [0.3, 0.4) is 0 Å². The van der Waals surface area contributed by atoms with Crippen LogP contribution in [0.4, 0.5) is 24.9 Å². The Kier molecular flexibility index (Phi) is 6.59. The summed E-state index contributed by atoms with van der Waals surface area (Å²) in [5.41, 5.74) is 2.13. The van der Waals surface area contributed by atoms with Gasteiger partial charge in [0.2, 0.25) is 5.95 Å². The van der Waals surface area contributed by atoms with Gasteiger partial charge in [-0.3, -0.25) is 9.69 Å². The number of rotatable bonds is 4. The lowest BCUT2D eigenvalue weighted by atomic mass is 10.0. The molecule has 1 aromatic heterocycles. The molecule has 2 aliphatic rings. The Morgan fingerprint density at radius 2 is 1.65 bits per heavy atom. The first kappa shape index (κ1) is 25.8. The lowest BCUT2D eigenvalue weighted by Crippen LogP contribution is -2.38. The van der Waals surface area contributed by atoms with Crippen molar-refractivity contribution in [3.8, 4) is 17.0 Å². The number of carbonyl (C=O) groups excluding carboxylic acids is 2. The summed E-state index contributed by atoms with van der Waals surface area (Å²) in [5, 5.41) is 1.76. The Hall–Kier alpha value is -4.51. The number of esters is 1. The van der Waals surface area contributed by atoms with E-state index >= 15 is 0 Å². The SMILES string of the molecule is O=C(c1cccc2ccccc12)N1CCc2c(-c3cccc(OC(=O)C(F)(F)F)c3)nc(N3CCOCC3)nc21. The van der Waals surface area contributed by atoms with Gasteiger partial charge in [0.25, 0.3) is 5.91 Å². The Labute approximate surface area is 227 Å². The number of halogens is 3. The molecule has 0 aliphatic carbocycles. The van der Waals surface area contributed by atoms with Crippen molar-refractivity contribution < 1.29 is 32.2 Å². The van der Waals surface area contributed by atoms with Crippen molar-refractivity contribution in [1.29, 1.82) is 0 Å². The molecule has 6 rings (SSSR count). The Bertz CT molecular complexity index is 1610. The molecule has 4 aromatic rings. The molecular weight excluding hydrogens is 525 g/mol. The fourth-order valence-corrected chi connectivity index (χ4v) is 5.01. The summed E-state index contributed by atoms with van der Waals surface area (Å²) in [4.78, 5) is 38.5. The highest BCUT2D eigenvalue weighted by Crippen LogP contribution is 2.38. The molecule has 40 heavy (non-hydrogen) atoms. The smallest absolute Gasteiger partial charge is 0.420 e. The summed E-state index contributed by atoms with van der Waals surface area (Å²) in [6, 6.07) is 19.0. The molecule has 0 N–H and O–H groups in total. The number of anilines is 2. The molecule has 3 heterocycles. The zero-order valence-electron chi connectivity index (χ0n) is 21.1. The van der Waals surface area contributed by atoms with Gasteiger partial charge in [-0.2, -0.15) is 18.2 Å². The van der Waals surface area contributed by atoms with Crippen molar-refractivity contribution in [3.05, 3.63) is 77.9 Å². The standard InChI is InChI=1S/C29H23F3N4O4/c30-29(31,32)27(38)40-20-8-3-7-19(17-20)24-23-11-12-36(25(23)34-28(33-24)35-13-15-39-16-14-35)26(37)22-10-4-6-18-5-1-2-9-21(18)22/h1-10,17H,11-16H2. The molecule has 0 unspecified atom stereocenters. The van der Waals surface area contributed by atoms with Gasteiger partial charge in [0.05, 0.1) is 18.9 Å². The van der Waals surface area contributed by atoms with Gasteiger partial charge in [0, 0.05) is 36.3 Å². The van der Waals surface area contributed by atoms with E-state index in [1.54, 1.807) is 17.0 Å². The second-order valence-electron chi connectivity index (χ2n) is 9.42. The van der Waals surface area contributed by atoms with Crippen LogP contribution in [0.5, 0.6) is 5.75 Å². The van der Waals surface area contributed by atoms with Crippen molar-refractivity contribution in [1.82, 2.24) is 9.97 Å². The molecule has 0 bridgehead atoms. The van der Waals surface area contributed by atoms with E-state index in [0.29, 0.717) is 73.4 Å². The summed E-state index contributed by atoms with van der Waals surface area (Å²) >= 11 is 0. The van der Waals surface area contributed by atoms with Gasteiger partial charge in [-0.05, 0) is 35.4 Å². The van der Waals surface area contributed by atoms with Crippen LogP contribution in [-0.2, 0) is 16.0 Å². The molecule has 0 spiro atoms. The zero-order valence-corrected chi connectivity index (χ0v) is 21.1. The summed E-state index contributed by atoms with van der Waals surface area (Å²) in [5.74, 6) is -1.95. The first-order chi connectivity index (χ1) is 19.3. The van der Waals surface area contributed by atoms with Gasteiger partial charge >= 0.3 is 12.1 Å². The van der Waals surface area contributed by atoms with E-state index in [-0.39, 0.29) is 11.7 Å². The maximum absolute atomic E-state index is 13.9. The third-order valence-electron chi connectivity index (χ3n) is 6.92. The van der Waals surface area contributed by atoms with E-state index < -0.39 is 12.1 Å². The Balaban J connectivity index is 1.43. The van der Waals surface area contributed by atoms with E-state index in [1.165, 1.54) is 18.2 Å². The van der Waals surface area contributed by atoms with Crippen molar-refractivity contribution in [2.45, 2.75) is 12.6 Å². The molecule has 1 fully saturated rings. The van der Waals surface area contributed by atoms with E-state index in [9.17, 15) is 22.8 Å². The maximum Gasteiger partial charge on any atom is 0.491 e. The highest BCUT2D eigenvalue weighted by Gasteiger charge is 2.41. The minimum absolute atomic E-state index is 0.207. The fraction of sp³-hybridized carbons (Fsp3) is 0.241. The number of ether oxygens (including phenoxy) is 2. The fourth-order valence-electron chi connectivity index (χ4n) is 5.01. The van der Waals surface area contributed by atoms with Crippen molar-refractivity contribution in [2.24, 2.45) is 0 Å². The number of benzene rings is 3. The number of hydrogen-bond acceptors (Lipinski definition) is 7. The summed E-state index contributed by atoms with van der Waals surface area (Å²) in [6.45, 7) is 2.40. The molecule has 3 aromatic carbocycles. The highest BCUT2D eigenvalue weighted by molar-refractivity contribution is 6.14. The molecule has 0 radical (unpaired) electrons. The van der Waals surface area contributed by atoms with Crippen LogP contribution in [0, 0.1) is 0 Å². The van der Waals surface area contributed by atoms with Crippen LogP contribution in [-0.4, -0.2) is 60.9 Å². The van der Waals surface area contributed by atoms with E-state index in [0.717, 1.165) is 10.8 Å². The quantitative estimate of drug-likeness (QED) is 0.268. The number of hydrogen-bond donors (Lipinski definition) is 0. The normalized spacial score (nSPS) is 15.3. The van der Waals surface area contributed by atoms with Crippen molar-refractivity contribution >= 4 is 34.4 Å². The number of fused-ring (bicyclic) bond motifs is 2. The monoisotopic (exact) mass is 548 g/mol. The van der Waals surface area contributed by atoms with Gasteiger partial charge in [0.15, 0.2) is 0 Å². The van der Waals surface area contributed by atoms with Crippen LogP contribution in [0.1, 0.15) is 15.9 Å². The number of aromatic nitrogens is 2. The van der Waals surface area contributed by atoms with Gasteiger partial charge in [-0.1, -0.05) is 48.5 Å². The number of alkyl halides is 3. The molecule has 204 valence electrons. The highest BCUT2D eigenvalue weighted by atomic mass is 19.4. The van der Waals surface area contributed by atoms with Crippen LogP contribution in [0.2, 0.25) is 0 Å². The van der Waals surface area contributed by atoms with Gasteiger partial charge in [-0.15, -0.1) is 0 Å². The number of nitrogens with zero attached hydrogens (tertiary/aromatic N) is 4. The third kappa shape index (κ3) is 4.84. The summed E-state index contributed by atoms with van der Waals surface area (Å²) in [6.07, 6.45) is -4.69. The molecule has 8 nitrogen and oxygen atoms in total. The van der Waals surface area contributed by atoms with Crippen molar-refractivity contribution in [3.63, 3.8) is 0 Å². The van der Waals surface area contributed by atoms with Gasteiger partial charge < -0.3 is 14.4 Å². The molecule has 1 saturated heterocycles. The lowest BCUT2D eigenvalue weighted by molar-refractivity contribution is -0.189. The molecule has 0 saturated carbocycles. The third-order valence-corrected chi connectivity index (χ3v) is 6.92. The van der Waals surface area contributed by atoms with Gasteiger partial charge in [0.1, 0.15) is 11.6 Å². The number of amides is 1. The zero-order chi connectivity index (χ0) is 27.9. The predicted octanol–water partition coefficient (Wildman–Crippen LogP) is 4.80. The average Bonchev–Trinajstić information content (AvgIpc) is 3.40.